The van der Waals surface area contributed by atoms with Gasteiger partial charge in [-0.2, -0.15) is 13.2 Å². The Kier molecular flexibility index (Phi) is 20.3. The fourth-order valence-corrected chi connectivity index (χ4v) is 3.31. The number of carbonyl (C=O) groups is 3. The molecule has 0 atom stereocenters. The Morgan fingerprint density at radius 1 is 1.18 bits per heavy atom. The Morgan fingerprint density at radius 3 is 2.48 bits per heavy atom. The molecule has 0 bridgehead atoms. The number of halogens is 3. The number of carboxylic acid groups (broad SMARTS) is 1. The van der Waals surface area contributed by atoms with Crippen LogP contribution in [0.1, 0.15) is 71.1 Å². The summed E-state index contributed by atoms with van der Waals surface area (Å²) < 4.78 is 36.9. The maximum absolute atomic E-state index is 12.6. The summed E-state index contributed by atoms with van der Waals surface area (Å²) in [6.07, 6.45) is 8.05. The van der Waals surface area contributed by atoms with Crippen LogP contribution in [0.25, 0.3) is 0 Å². The number of amides is 2. The lowest BCUT2D eigenvalue weighted by atomic mass is 10.1. The van der Waals surface area contributed by atoms with Crippen molar-refractivity contribution in [3.05, 3.63) is 12.2 Å². The Morgan fingerprint density at radius 2 is 1.82 bits per heavy atom. The molecule has 230 valence electrons. The molecule has 0 fully saturated rings. The van der Waals surface area contributed by atoms with Crippen LogP contribution in [0, 0.1) is 0 Å². The number of unbranched alkanes of at least 4 members (excludes halogenated alkanes) is 5. The predicted octanol–water partition coefficient (Wildman–Crippen LogP) is 2.88. The van der Waals surface area contributed by atoms with Gasteiger partial charge in [-0.25, -0.2) is 14.6 Å². The second kappa shape index (κ2) is 22.3. The van der Waals surface area contributed by atoms with E-state index in [-0.39, 0.29) is 30.9 Å². The first-order valence-electron chi connectivity index (χ1n) is 13.4. The van der Waals surface area contributed by atoms with Gasteiger partial charge < -0.3 is 31.5 Å². The number of aliphatic imine (C=N–C) groups is 2. The van der Waals surface area contributed by atoms with Crippen LogP contribution in [0.5, 0.6) is 0 Å². The van der Waals surface area contributed by atoms with Crippen LogP contribution in [0.3, 0.4) is 0 Å². The van der Waals surface area contributed by atoms with Gasteiger partial charge in [0.15, 0.2) is 11.9 Å². The highest BCUT2D eigenvalue weighted by Crippen LogP contribution is 2.13. The maximum atomic E-state index is 12.6. The van der Waals surface area contributed by atoms with Crippen molar-refractivity contribution in [3.8, 4) is 0 Å². The van der Waals surface area contributed by atoms with Gasteiger partial charge in [-0.15, -0.1) is 0 Å². The Labute approximate surface area is 233 Å². The lowest BCUT2D eigenvalue weighted by molar-refractivity contribution is -0.192. The van der Waals surface area contributed by atoms with E-state index >= 15 is 0 Å². The molecule has 40 heavy (non-hydrogen) atoms. The van der Waals surface area contributed by atoms with E-state index in [9.17, 15) is 22.8 Å². The number of nitrogens with one attached hydrogen (secondary N) is 2. The summed E-state index contributed by atoms with van der Waals surface area (Å²) in [5.74, 6) is -2.51. The van der Waals surface area contributed by atoms with E-state index in [1.54, 1.807) is 4.90 Å². The number of carboxylic acids is 1. The van der Waals surface area contributed by atoms with Crippen molar-refractivity contribution >= 4 is 29.9 Å². The van der Waals surface area contributed by atoms with E-state index in [1.165, 1.54) is 0 Å². The second-order valence-corrected chi connectivity index (χ2v) is 8.86. The van der Waals surface area contributed by atoms with Gasteiger partial charge in [0.2, 0.25) is 0 Å². The summed E-state index contributed by atoms with van der Waals surface area (Å²) in [5, 5.41) is 12.9. The number of hydrogen-bond acceptors (Lipinski definition) is 7. The zero-order chi connectivity index (χ0) is 30.2. The molecule has 1 aliphatic rings. The monoisotopic (exact) mass is 579 g/mol. The van der Waals surface area contributed by atoms with E-state index in [0.717, 1.165) is 64.3 Å². The third-order valence-electron chi connectivity index (χ3n) is 5.46. The molecule has 0 unspecified atom stereocenters. The molecule has 0 spiro atoms. The Balaban J connectivity index is 0.00000191. The van der Waals surface area contributed by atoms with Crippen molar-refractivity contribution in [2.24, 2.45) is 21.5 Å². The van der Waals surface area contributed by atoms with E-state index in [4.69, 9.17) is 26.1 Å². The smallest absolute Gasteiger partial charge is 0.475 e. The minimum absolute atomic E-state index is 0.0379. The van der Waals surface area contributed by atoms with Crippen molar-refractivity contribution in [3.63, 3.8) is 0 Å². The van der Waals surface area contributed by atoms with Gasteiger partial charge in [0.25, 0.3) is 0 Å². The van der Waals surface area contributed by atoms with Crippen LogP contribution in [-0.4, -0.2) is 85.4 Å². The van der Waals surface area contributed by atoms with E-state index in [0.29, 0.717) is 32.2 Å². The number of ether oxygens (including phenoxy) is 1. The van der Waals surface area contributed by atoms with Crippen LogP contribution >= 0.6 is 0 Å². The number of urea groups is 1. The molecular formula is C25H44F3N7O5. The first kappa shape index (κ1) is 36.5. The van der Waals surface area contributed by atoms with Crippen LogP contribution in [-0.2, 0) is 14.3 Å². The number of cyclic esters (lactones) is 1. The van der Waals surface area contributed by atoms with Gasteiger partial charge in [0.1, 0.15) is 0 Å². The maximum Gasteiger partial charge on any atom is 0.490 e. The summed E-state index contributed by atoms with van der Waals surface area (Å²) in [5.41, 5.74) is 11.6. The topological polar surface area (TPSA) is 185 Å². The van der Waals surface area contributed by atoms with Gasteiger partial charge in [0, 0.05) is 19.6 Å². The van der Waals surface area contributed by atoms with Crippen molar-refractivity contribution in [2.45, 2.75) is 77.3 Å². The van der Waals surface area contributed by atoms with Crippen molar-refractivity contribution < 1.29 is 37.4 Å². The van der Waals surface area contributed by atoms with E-state index in [1.807, 2.05) is 19.1 Å². The molecule has 0 saturated carbocycles. The van der Waals surface area contributed by atoms with Gasteiger partial charge in [0.05, 0.1) is 26.1 Å². The number of aliphatic carboxylic acids is 1. The molecule has 0 aromatic carbocycles. The van der Waals surface area contributed by atoms with E-state index in [2.05, 4.69) is 20.6 Å². The molecule has 1 rings (SSSR count). The number of rotatable bonds is 11. The average Bonchev–Trinajstić information content (AvgIpc) is 2.87. The lowest BCUT2D eigenvalue weighted by Crippen LogP contribution is -2.46. The number of nitrogens with two attached hydrogens (primary N) is 2. The fourth-order valence-electron chi connectivity index (χ4n) is 3.31. The molecule has 0 aliphatic carbocycles. The largest absolute Gasteiger partial charge is 0.490 e. The normalized spacial score (nSPS) is 16.2. The number of nitrogens with zero attached hydrogens (tertiary/aromatic N) is 3. The number of alkyl halides is 3. The SMILES string of the molecule is C/C=C/CN=C(N)NCCCCCCCCN1CCCCCOC(=O)CCN=C(N)NC1=O.O=C(O)C(F)(F)F. The number of esters is 1. The van der Waals surface area contributed by atoms with Crippen molar-refractivity contribution in [1.82, 2.24) is 15.5 Å². The molecule has 1 aliphatic heterocycles. The number of guanidine groups is 2. The summed E-state index contributed by atoms with van der Waals surface area (Å²) in [4.78, 5) is 43.0. The molecule has 7 N–H and O–H groups in total. The summed E-state index contributed by atoms with van der Waals surface area (Å²) >= 11 is 0. The zero-order valence-electron chi connectivity index (χ0n) is 23.2. The molecule has 2 amide bonds. The first-order valence-corrected chi connectivity index (χ1v) is 13.4. The predicted molar refractivity (Wildman–Crippen MR) is 147 cm³/mol. The molecular weight excluding hydrogens is 535 g/mol. The lowest BCUT2D eigenvalue weighted by Gasteiger charge is -2.23. The highest BCUT2D eigenvalue weighted by atomic mass is 19.4. The van der Waals surface area contributed by atoms with Crippen LogP contribution < -0.4 is 22.1 Å². The highest BCUT2D eigenvalue weighted by Gasteiger charge is 2.38. The van der Waals surface area contributed by atoms with Gasteiger partial charge in [-0.05, 0) is 39.0 Å². The van der Waals surface area contributed by atoms with Gasteiger partial charge in [-0.3, -0.25) is 15.1 Å². The van der Waals surface area contributed by atoms with Crippen LogP contribution in [0.2, 0.25) is 0 Å². The molecule has 0 saturated heterocycles. The molecule has 0 aromatic heterocycles. The van der Waals surface area contributed by atoms with Gasteiger partial charge in [-0.1, -0.05) is 37.8 Å². The summed E-state index contributed by atoms with van der Waals surface area (Å²) in [6, 6.07) is -0.226. The number of hydrogen-bond donors (Lipinski definition) is 5. The quantitative estimate of drug-likeness (QED) is 0.0813. The molecule has 0 aromatic rings. The molecule has 1 heterocycles. The molecule has 15 heteroatoms. The second-order valence-electron chi connectivity index (χ2n) is 8.86. The minimum atomic E-state index is -5.08. The number of carbonyl (C=O) groups excluding carboxylic acids is 2. The molecule has 12 nitrogen and oxygen atoms in total. The summed E-state index contributed by atoms with van der Waals surface area (Å²) in [6.45, 7) is 5.36. The third kappa shape index (κ3) is 21.4. The minimum Gasteiger partial charge on any atom is -0.475 e. The first-order chi connectivity index (χ1) is 19.0. The van der Waals surface area contributed by atoms with Crippen molar-refractivity contribution in [1.29, 1.82) is 0 Å². The van der Waals surface area contributed by atoms with Gasteiger partial charge >= 0.3 is 24.1 Å². The Hall–Kier alpha value is -3.52. The fraction of sp³-hybridized carbons (Fsp3) is 0.720. The summed E-state index contributed by atoms with van der Waals surface area (Å²) in [7, 11) is 0. The van der Waals surface area contributed by atoms with Crippen LogP contribution in [0.4, 0.5) is 18.0 Å². The Bertz CT molecular complexity index is 836. The number of allylic oxidation sites excluding steroid dienone is 1. The zero-order valence-corrected chi connectivity index (χ0v) is 23.2. The average molecular weight is 580 g/mol. The van der Waals surface area contributed by atoms with Crippen molar-refractivity contribution in [2.75, 3.05) is 39.3 Å². The van der Waals surface area contributed by atoms with Crippen LogP contribution in [0.15, 0.2) is 22.1 Å². The molecule has 0 radical (unpaired) electrons. The third-order valence-corrected chi connectivity index (χ3v) is 5.46. The standard InChI is InChI=1S/C23H43N7O3.C2HF3O2/c1-2-3-14-26-21(24)27-15-9-6-4-5-7-10-17-30-18-11-8-12-19-33-20(31)13-16-28-22(25)29-23(30)32;3-2(4,5)1(6)7/h2-3H,4-19H2,1H3,(H3,24,26,27)(H3,25,28,29,32);(H,6,7)/b3-2+;. The van der Waals surface area contributed by atoms with E-state index < -0.39 is 12.1 Å². The highest BCUT2D eigenvalue weighted by molar-refractivity contribution is 5.95.